The maximum absolute atomic E-state index is 13.0. The molecule has 1 atom stereocenters. The Labute approximate surface area is 155 Å². The lowest BCUT2D eigenvalue weighted by atomic mass is 9.93. The number of hydrogen-bond acceptors (Lipinski definition) is 4. The minimum absolute atomic E-state index is 0.0646. The molecule has 1 N–H and O–H groups in total. The molecule has 1 aliphatic carbocycles. The van der Waals surface area contributed by atoms with Gasteiger partial charge >= 0.3 is 0 Å². The molecule has 142 valence electrons. The molecule has 26 heavy (non-hydrogen) atoms. The lowest BCUT2D eigenvalue weighted by Gasteiger charge is -2.20. The van der Waals surface area contributed by atoms with Crippen molar-refractivity contribution in [2.75, 3.05) is 25.0 Å². The van der Waals surface area contributed by atoms with Crippen molar-refractivity contribution in [3.8, 4) is 5.75 Å². The van der Waals surface area contributed by atoms with E-state index >= 15 is 0 Å². The Morgan fingerprint density at radius 3 is 2.69 bits per heavy atom. The van der Waals surface area contributed by atoms with Gasteiger partial charge < -0.3 is 10.1 Å². The van der Waals surface area contributed by atoms with E-state index in [4.69, 9.17) is 4.74 Å². The van der Waals surface area contributed by atoms with Crippen LogP contribution in [0.25, 0.3) is 0 Å². The van der Waals surface area contributed by atoms with Gasteiger partial charge in [0.05, 0.1) is 6.61 Å². The van der Waals surface area contributed by atoms with Gasteiger partial charge in [-0.3, -0.25) is 4.79 Å². The first-order chi connectivity index (χ1) is 12.5. The van der Waals surface area contributed by atoms with Gasteiger partial charge in [-0.15, -0.1) is 0 Å². The van der Waals surface area contributed by atoms with Crippen LogP contribution >= 0.6 is 0 Å². The first-order valence-electron chi connectivity index (χ1n) is 9.25. The van der Waals surface area contributed by atoms with Crippen molar-refractivity contribution < 1.29 is 17.9 Å². The number of hydrogen-bond donors (Lipinski definition) is 1. The van der Waals surface area contributed by atoms with Gasteiger partial charge in [0.15, 0.2) is 0 Å². The molecule has 1 fully saturated rings. The van der Waals surface area contributed by atoms with Crippen LogP contribution in [0, 0.1) is 5.92 Å². The summed E-state index contributed by atoms with van der Waals surface area (Å²) in [6.45, 7) is 3.25. The molecule has 1 aliphatic heterocycles. The lowest BCUT2D eigenvalue weighted by Crippen LogP contribution is -2.28. The molecule has 7 heteroatoms. The SMILES string of the molecule is CCOc1ccc(NC(=O)C2CC=CCC2)cc1S(=O)(=O)N1CCCC1. The summed E-state index contributed by atoms with van der Waals surface area (Å²) in [6, 6.07) is 4.85. The summed E-state index contributed by atoms with van der Waals surface area (Å²) in [6.07, 6.45) is 8.29. The normalized spacial score (nSPS) is 20.9. The van der Waals surface area contributed by atoms with Crippen LogP contribution < -0.4 is 10.1 Å². The van der Waals surface area contributed by atoms with Gasteiger partial charge in [-0.25, -0.2) is 8.42 Å². The number of carbonyl (C=O) groups is 1. The summed E-state index contributed by atoms with van der Waals surface area (Å²) >= 11 is 0. The van der Waals surface area contributed by atoms with Gasteiger partial charge in [0.25, 0.3) is 0 Å². The smallest absolute Gasteiger partial charge is 0.246 e. The Hall–Kier alpha value is -1.86. The molecule has 1 heterocycles. The Morgan fingerprint density at radius 1 is 1.27 bits per heavy atom. The van der Waals surface area contributed by atoms with E-state index in [0.717, 1.165) is 32.1 Å². The summed E-state index contributed by atoms with van der Waals surface area (Å²) in [7, 11) is -3.63. The predicted molar refractivity (Wildman–Crippen MR) is 101 cm³/mol. The summed E-state index contributed by atoms with van der Waals surface area (Å²) in [5.74, 6) is 0.200. The van der Waals surface area contributed by atoms with Crippen LogP contribution in [0.1, 0.15) is 39.0 Å². The number of nitrogens with zero attached hydrogens (tertiary/aromatic N) is 1. The first-order valence-corrected chi connectivity index (χ1v) is 10.7. The second-order valence-corrected chi connectivity index (χ2v) is 8.58. The third-order valence-corrected chi connectivity index (χ3v) is 6.75. The van der Waals surface area contributed by atoms with Gasteiger partial charge in [-0.2, -0.15) is 4.31 Å². The van der Waals surface area contributed by atoms with Gasteiger partial charge in [-0.1, -0.05) is 12.2 Å². The molecule has 0 aromatic heterocycles. The van der Waals surface area contributed by atoms with Crippen molar-refractivity contribution >= 4 is 21.6 Å². The van der Waals surface area contributed by atoms with Gasteiger partial charge in [0, 0.05) is 24.7 Å². The third kappa shape index (κ3) is 4.10. The highest BCUT2D eigenvalue weighted by atomic mass is 32.2. The van der Waals surface area contributed by atoms with Crippen molar-refractivity contribution in [3.05, 3.63) is 30.4 Å². The lowest BCUT2D eigenvalue weighted by molar-refractivity contribution is -0.120. The van der Waals surface area contributed by atoms with Gasteiger partial charge in [0.2, 0.25) is 15.9 Å². The standard InChI is InChI=1S/C19H26N2O4S/c1-2-25-17-11-10-16(20-19(22)15-8-4-3-5-9-15)14-18(17)26(23,24)21-12-6-7-13-21/h3-4,10-11,14-15H,2,5-9,12-13H2,1H3,(H,20,22). The van der Waals surface area contributed by atoms with E-state index in [1.807, 2.05) is 13.0 Å². The van der Waals surface area contributed by atoms with Crippen LogP contribution in [-0.4, -0.2) is 38.3 Å². The Bertz CT molecular complexity index is 783. The monoisotopic (exact) mass is 378 g/mol. The molecule has 1 unspecified atom stereocenters. The van der Waals surface area contributed by atoms with E-state index in [1.54, 1.807) is 12.1 Å². The highest BCUT2D eigenvalue weighted by Crippen LogP contribution is 2.32. The zero-order valence-electron chi connectivity index (χ0n) is 15.1. The summed E-state index contributed by atoms with van der Waals surface area (Å²) in [5, 5.41) is 2.87. The van der Waals surface area contributed by atoms with Crippen LogP contribution in [0.3, 0.4) is 0 Å². The van der Waals surface area contributed by atoms with Crippen LogP contribution in [-0.2, 0) is 14.8 Å². The minimum Gasteiger partial charge on any atom is -0.492 e. The molecular formula is C19H26N2O4S. The van der Waals surface area contributed by atoms with Crippen LogP contribution in [0.2, 0.25) is 0 Å². The first kappa shape index (κ1) is 18.9. The number of nitrogens with one attached hydrogen (secondary N) is 1. The molecule has 0 bridgehead atoms. The molecular weight excluding hydrogens is 352 g/mol. The fourth-order valence-corrected chi connectivity index (χ4v) is 5.08. The average molecular weight is 378 g/mol. The number of anilines is 1. The molecule has 1 aromatic rings. The van der Waals surface area contributed by atoms with Crippen LogP contribution in [0.5, 0.6) is 5.75 Å². The molecule has 3 rings (SSSR count). The molecule has 0 radical (unpaired) electrons. The second-order valence-electron chi connectivity index (χ2n) is 6.68. The molecule has 2 aliphatic rings. The van der Waals surface area contributed by atoms with E-state index in [9.17, 15) is 13.2 Å². The summed E-state index contributed by atoms with van der Waals surface area (Å²) in [4.78, 5) is 12.6. The van der Waals surface area contributed by atoms with Gasteiger partial charge in [0.1, 0.15) is 10.6 Å². The highest BCUT2D eigenvalue weighted by molar-refractivity contribution is 7.89. The molecule has 0 spiro atoms. The van der Waals surface area contributed by atoms with E-state index in [-0.39, 0.29) is 16.7 Å². The van der Waals surface area contributed by atoms with E-state index in [0.29, 0.717) is 31.1 Å². The number of amides is 1. The van der Waals surface area contributed by atoms with Crippen molar-refractivity contribution in [1.29, 1.82) is 0 Å². The predicted octanol–water partition coefficient (Wildman–Crippen LogP) is 3.16. The van der Waals surface area contributed by atoms with Crippen molar-refractivity contribution in [2.24, 2.45) is 5.92 Å². The number of sulfonamides is 1. The second kappa shape index (κ2) is 8.22. The van der Waals surface area contributed by atoms with Crippen molar-refractivity contribution in [3.63, 3.8) is 0 Å². The quantitative estimate of drug-likeness (QED) is 0.772. The number of benzene rings is 1. The van der Waals surface area contributed by atoms with E-state index in [2.05, 4.69) is 11.4 Å². The largest absolute Gasteiger partial charge is 0.492 e. The van der Waals surface area contributed by atoms with Gasteiger partial charge in [-0.05, 0) is 57.2 Å². The van der Waals surface area contributed by atoms with Crippen molar-refractivity contribution in [1.82, 2.24) is 4.31 Å². The fraction of sp³-hybridized carbons (Fsp3) is 0.526. The van der Waals surface area contributed by atoms with E-state index < -0.39 is 10.0 Å². The number of carbonyl (C=O) groups excluding carboxylic acids is 1. The van der Waals surface area contributed by atoms with Crippen molar-refractivity contribution in [2.45, 2.75) is 43.9 Å². The molecule has 0 saturated carbocycles. The summed E-state index contributed by atoms with van der Waals surface area (Å²) in [5.41, 5.74) is 0.491. The molecule has 6 nitrogen and oxygen atoms in total. The topological polar surface area (TPSA) is 75.7 Å². The Kier molecular flexibility index (Phi) is 5.98. The Balaban J connectivity index is 1.86. The Morgan fingerprint density at radius 2 is 2.04 bits per heavy atom. The van der Waals surface area contributed by atoms with Crippen LogP contribution in [0.15, 0.2) is 35.2 Å². The maximum Gasteiger partial charge on any atom is 0.246 e. The van der Waals surface area contributed by atoms with E-state index in [1.165, 1.54) is 10.4 Å². The summed E-state index contributed by atoms with van der Waals surface area (Å²) < 4.78 is 33.0. The fourth-order valence-electron chi connectivity index (χ4n) is 3.41. The third-order valence-electron chi connectivity index (χ3n) is 4.83. The number of rotatable bonds is 6. The number of ether oxygens (including phenoxy) is 1. The average Bonchev–Trinajstić information content (AvgIpc) is 3.19. The number of allylic oxidation sites excluding steroid dienone is 2. The molecule has 1 aromatic carbocycles. The minimum atomic E-state index is -3.63. The maximum atomic E-state index is 13.0. The zero-order valence-corrected chi connectivity index (χ0v) is 15.9. The highest BCUT2D eigenvalue weighted by Gasteiger charge is 2.30. The van der Waals surface area contributed by atoms with Crippen LogP contribution in [0.4, 0.5) is 5.69 Å². The molecule has 1 amide bonds. The zero-order chi connectivity index (χ0) is 18.6. The molecule has 1 saturated heterocycles.